The Labute approximate surface area is 82.8 Å². The number of hydrogen-bond donors (Lipinski definition) is 1. The maximum Gasteiger partial charge on any atom is 0.156 e. The first-order chi connectivity index (χ1) is 6.53. The molecule has 5 nitrogen and oxygen atoms in total. The van der Waals surface area contributed by atoms with Crippen LogP contribution >= 0.6 is 0 Å². The zero-order chi connectivity index (χ0) is 10.3. The Balaban J connectivity index is 2.51. The van der Waals surface area contributed by atoms with Crippen LogP contribution in [0.4, 0.5) is 0 Å². The van der Waals surface area contributed by atoms with Crippen LogP contribution in [-0.2, 0) is 35.6 Å². The number of rotatable bonds is 1. The molecule has 2 N–H and O–H groups in total. The minimum absolute atomic E-state index is 0.0656. The molecule has 1 aliphatic heterocycles. The summed E-state index contributed by atoms with van der Waals surface area (Å²) in [6.07, 6.45) is 0.554. The van der Waals surface area contributed by atoms with Gasteiger partial charge in [0, 0.05) is 13.6 Å². The number of aryl methyl sites for hydroxylation is 1. The second-order valence-corrected chi connectivity index (χ2v) is 5.73. The van der Waals surface area contributed by atoms with Gasteiger partial charge >= 0.3 is 0 Å². The van der Waals surface area contributed by atoms with Crippen LogP contribution in [0.1, 0.15) is 17.0 Å². The van der Waals surface area contributed by atoms with Crippen molar-refractivity contribution in [1.29, 1.82) is 0 Å². The highest BCUT2D eigenvalue weighted by Crippen LogP contribution is 2.22. The topological polar surface area (TPSA) is 78.0 Å². The van der Waals surface area contributed by atoms with Crippen molar-refractivity contribution in [2.45, 2.75) is 18.7 Å². The summed E-state index contributed by atoms with van der Waals surface area (Å²) in [6, 6.07) is 0. The number of nitrogens with two attached hydrogens (primary N) is 1. The number of nitrogens with zero attached hydrogens (tertiary/aromatic N) is 2. The lowest BCUT2D eigenvalue weighted by Gasteiger charge is -2.11. The van der Waals surface area contributed by atoms with Crippen LogP contribution < -0.4 is 5.73 Å². The lowest BCUT2D eigenvalue weighted by atomic mass is 10.1. The van der Waals surface area contributed by atoms with E-state index in [0.717, 1.165) is 11.3 Å². The minimum atomic E-state index is -2.92. The van der Waals surface area contributed by atoms with Crippen LogP contribution in [0.15, 0.2) is 0 Å². The van der Waals surface area contributed by atoms with Crippen molar-refractivity contribution in [2.75, 3.05) is 5.75 Å². The molecule has 0 saturated heterocycles. The zero-order valence-electron chi connectivity index (χ0n) is 8.02. The summed E-state index contributed by atoms with van der Waals surface area (Å²) in [6.45, 7) is 0.416. The van der Waals surface area contributed by atoms with Crippen molar-refractivity contribution >= 4 is 9.84 Å². The Morgan fingerprint density at radius 2 is 2.29 bits per heavy atom. The van der Waals surface area contributed by atoms with Crippen molar-refractivity contribution in [1.82, 2.24) is 9.78 Å². The van der Waals surface area contributed by atoms with Crippen LogP contribution in [0.5, 0.6) is 0 Å². The Morgan fingerprint density at radius 3 is 2.93 bits per heavy atom. The van der Waals surface area contributed by atoms with Gasteiger partial charge < -0.3 is 5.73 Å². The van der Waals surface area contributed by atoms with Crippen LogP contribution in [0, 0.1) is 0 Å². The molecular weight excluding hydrogens is 202 g/mol. The number of fused-ring (bicyclic) bond motifs is 1. The zero-order valence-corrected chi connectivity index (χ0v) is 8.84. The summed E-state index contributed by atoms with van der Waals surface area (Å²) in [5.41, 5.74) is 8.24. The average molecular weight is 215 g/mol. The summed E-state index contributed by atoms with van der Waals surface area (Å²) in [5, 5.41) is 4.18. The van der Waals surface area contributed by atoms with E-state index in [9.17, 15) is 8.42 Å². The predicted molar refractivity (Wildman–Crippen MR) is 52.3 cm³/mol. The lowest BCUT2D eigenvalue weighted by Crippen LogP contribution is -2.19. The maximum atomic E-state index is 11.3. The summed E-state index contributed by atoms with van der Waals surface area (Å²) in [7, 11) is -1.13. The normalized spacial score (nSPS) is 19.3. The van der Waals surface area contributed by atoms with E-state index in [0.29, 0.717) is 18.7 Å². The molecule has 6 heteroatoms. The molecule has 0 radical (unpaired) electrons. The summed E-state index contributed by atoms with van der Waals surface area (Å²) in [5.74, 6) is 0.287. The Bertz CT molecular complexity index is 461. The third-order valence-electron chi connectivity index (χ3n) is 2.57. The van der Waals surface area contributed by atoms with Gasteiger partial charge in [-0.05, 0) is 12.0 Å². The highest BCUT2D eigenvalue weighted by atomic mass is 32.2. The number of hydrogen-bond acceptors (Lipinski definition) is 4. The second kappa shape index (κ2) is 3.06. The van der Waals surface area contributed by atoms with Gasteiger partial charge in [-0.25, -0.2) is 8.42 Å². The maximum absolute atomic E-state index is 11.3. The molecule has 1 aromatic heterocycles. The molecule has 0 amide bonds. The monoisotopic (exact) mass is 215 g/mol. The fraction of sp³-hybridized carbons (Fsp3) is 0.625. The quantitative estimate of drug-likeness (QED) is 0.675. The molecule has 0 saturated carbocycles. The van der Waals surface area contributed by atoms with Crippen molar-refractivity contribution in [2.24, 2.45) is 12.8 Å². The van der Waals surface area contributed by atoms with E-state index in [2.05, 4.69) is 5.10 Å². The third-order valence-corrected chi connectivity index (χ3v) is 4.11. The third kappa shape index (κ3) is 1.44. The lowest BCUT2D eigenvalue weighted by molar-refractivity contribution is 0.590. The minimum Gasteiger partial charge on any atom is -0.325 e. The molecule has 0 aliphatic carbocycles. The van der Waals surface area contributed by atoms with E-state index < -0.39 is 9.84 Å². The van der Waals surface area contributed by atoms with E-state index in [1.165, 1.54) is 0 Å². The molecule has 0 atom stereocenters. The first kappa shape index (κ1) is 9.67. The van der Waals surface area contributed by atoms with E-state index >= 15 is 0 Å². The highest BCUT2D eigenvalue weighted by Gasteiger charge is 2.26. The van der Waals surface area contributed by atoms with Crippen LogP contribution in [0.25, 0.3) is 0 Å². The first-order valence-corrected chi connectivity index (χ1v) is 6.30. The van der Waals surface area contributed by atoms with Crippen LogP contribution in [0.2, 0.25) is 0 Å². The standard InChI is InChI=1S/C8H13N3O2S/c1-11-8(4-9)6-2-3-14(12,13)5-7(6)10-11/h2-5,9H2,1H3. The van der Waals surface area contributed by atoms with E-state index in [4.69, 9.17) is 5.73 Å². The molecular formula is C8H13N3O2S. The molecule has 1 aliphatic rings. The van der Waals surface area contributed by atoms with Gasteiger partial charge in [-0.15, -0.1) is 0 Å². The SMILES string of the molecule is Cn1nc2c(c1CN)CCS(=O)(=O)C2. The molecule has 78 valence electrons. The Hall–Kier alpha value is -0.880. The van der Waals surface area contributed by atoms with Crippen LogP contribution in [0.3, 0.4) is 0 Å². The van der Waals surface area contributed by atoms with Gasteiger partial charge in [-0.2, -0.15) is 5.10 Å². The fourth-order valence-corrected chi connectivity index (χ4v) is 3.17. The van der Waals surface area contributed by atoms with Crippen molar-refractivity contribution < 1.29 is 8.42 Å². The second-order valence-electron chi connectivity index (χ2n) is 3.54. The molecule has 1 aromatic rings. The van der Waals surface area contributed by atoms with Crippen LogP contribution in [-0.4, -0.2) is 24.0 Å². The summed E-state index contributed by atoms with van der Waals surface area (Å²) in [4.78, 5) is 0. The summed E-state index contributed by atoms with van der Waals surface area (Å²) >= 11 is 0. The average Bonchev–Trinajstić information content (AvgIpc) is 2.37. The van der Waals surface area contributed by atoms with Gasteiger partial charge in [0.25, 0.3) is 0 Å². The Morgan fingerprint density at radius 1 is 1.57 bits per heavy atom. The Kier molecular flexibility index (Phi) is 2.11. The number of sulfone groups is 1. The van der Waals surface area contributed by atoms with Crippen molar-refractivity contribution in [3.05, 3.63) is 17.0 Å². The molecule has 14 heavy (non-hydrogen) atoms. The van der Waals surface area contributed by atoms with Crippen molar-refractivity contribution in [3.63, 3.8) is 0 Å². The molecule has 2 rings (SSSR count). The van der Waals surface area contributed by atoms with E-state index in [1.54, 1.807) is 11.7 Å². The van der Waals surface area contributed by atoms with Gasteiger partial charge in [-0.1, -0.05) is 0 Å². The smallest absolute Gasteiger partial charge is 0.156 e. The van der Waals surface area contributed by atoms with Gasteiger partial charge in [0.2, 0.25) is 0 Å². The van der Waals surface area contributed by atoms with Gasteiger partial charge in [-0.3, -0.25) is 4.68 Å². The first-order valence-electron chi connectivity index (χ1n) is 4.47. The summed E-state index contributed by atoms with van der Waals surface area (Å²) < 4.78 is 24.4. The predicted octanol–water partition coefficient (Wildman–Crippen LogP) is -0.650. The largest absolute Gasteiger partial charge is 0.325 e. The molecule has 0 unspecified atom stereocenters. The highest BCUT2D eigenvalue weighted by molar-refractivity contribution is 7.90. The molecule has 0 aromatic carbocycles. The van der Waals surface area contributed by atoms with Crippen molar-refractivity contribution in [3.8, 4) is 0 Å². The molecule has 0 spiro atoms. The van der Waals surface area contributed by atoms with Gasteiger partial charge in [0.05, 0.1) is 22.9 Å². The van der Waals surface area contributed by atoms with Gasteiger partial charge in [0.15, 0.2) is 9.84 Å². The molecule has 0 bridgehead atoms. The molecule has 0 fully saturated rings. The number of aromatic nitrogens is 2. The van der Waals surface area contributed by atoms with E-state index in [-0.39, 0.29) is 11.5 Å². The van der Waals surface area contributed by atoms with E-state index in [1.807, 2.05) is 0 Å². The van der Waals surface area contributed by atoms with Gasteiger partial charge in [0.1, 0.15) is 0 Å². The fourth-order valence-electron chi connectivity index (χ4n) is 1.86. The molecule has 2 heterocycles.